The smallest absolute Gasteiger partial charge is 0.344 e. The van der Waals surface area contributed by atoms with Crippen molar-refractivity contribution in [1.29, 1.82) is 0 Å². The SMILES string of the molecule is CCCCC(Oc1ccc(C(C)(C)C)cc1Cl)C(=O)O. The summed E-state index contributed by atoms with van der Waals surface area (Å²) in [7, 11) is 0. The molecule has 3 nitrogen and oxygen atoms in total. The molecule has 0 fully saturated rings. The van der Waals surface area contributed by atoms with E-state index in [1.54, 1.807) is 6.07 Å². The highest BCUT2D eigenvalue weighted by molar-refractivity contribution is 6.32. The average molecular weight is 299 g/mol. The summed E-state index contributed by atoms with van der Waals surface area (Å²) in [5.41, 5.74) is 1.09. The molecule has 0 radical (unpaired) electrons. The zero-order chi connectivity index (χ0) is 15.3. The third kappa shape index (κ3) is 4.71. The summed E-state index contributed by atoms with van der Waals surface area (Å²) in [5.74, 6) is -0.516. The first-order valence-electron chi connectivity index (χ1n) is 6.95. The van der Waals surface area contributed by atoms with Crippen LogP contribution in [0.2, 0.25) is 5.02 Å². The van der Waals surface area contributed by atoms with Gasteiger partial charge >= 0.3 is 5.97 Å². The van der Waals surface area contributed by atoms with Gasteiger partial charge in [0.1, 0.15) is 5.75 Å². The molecule has 1 N–H and O–H groups in total. The van der Waals surface area contributed by atoms with Crippen molar-refractivity contribution in [2.75, 3.05) is 0 Å². The Kier molecular flexibility index (Phi) is 5.88. The highest BCUT2D eigenvalue weighted by Crippen LogP contribution is 2.32. The summed E-state index contributed by atoms with van der Waals surface area (Å²) in [6.07, 6.45) is 1.40. The van der Waals surface area contributed by atoms with Crippen LogP contribution < -0.4 is 4.74 Å². The molecule has 0 aliphatic carbocycles. The number of halogens is 1. The summed E-state index contributed by atoms with van der Waals surface area (Å²) >= 11 is 6.20. The molecule has 0 saturated heterocycles. The van der Waals surface area contributed by atoms with Crippen molar-refractivity contribution in [3.05, 3.63) is 28.8 Å². The molecule has 1 aromatic rings. The number of carboxylic acids is 1. The average Bonchev–Trinajstić information content (AvgIpc) is 2.34. The van der Waals surface area contributed by atoms with Gasteiger partial charge in [0.15, 0.2) is 6.10 Å². The van der Waals surface area contributed by atoms with E-state index >= 15 is 0 Å². The van der Waals surface area contributed by atoms with Crippen LogP contribution in [0.4, 0.5) is 0 Å². The molecule has 0 bridgehead atoms. The van der Waals surface area contributed by atoms with Crippen molar-refractivity contribution >= 4 is 17.6 Å². The summed E-state index contributed by atoms with van der Waals surface area (Å²) in [6, 6.07) is 5.53. The van der Waals surface area contributed by atoms with E-state index in [1.165, 1.54) is 0 Å². The monoisotopic (exact) mass is 298 g/mol. The standard InChI is InChI=1S/C16H23ClO3/c1-5-6-7-14(15(18)19)20-13-9-8-11(10-12(13)17)16(2,3)4/h8-10,14H,5-7H2,1-4H3,(H,18,19). The largest absolute Gasteiger partial charge is 0.479 e. The molecule has 1 rings (SSSR count). The van der Waals surface area contributed by atoms with Crippen LogP contribution in [0.1, 0.15) is 52.5 Å². The van der Waals surface area contributed by atoms with Crippen molar-refractivity contribution < 1.29 is 14.6 Å². The first-order chi connectivity index (χ1) is 9.25. The van der Waals surface area contributed by atoms with Crippen LogP contribution in [0.3, 0.4) is 0 Å². The van der Waals surface area contributed by atoms with Gasteiger partial charge in [0.05, 0.1) is 5.02 Å². The molecule has 112 valence electrons. The number of carbonyl (C=O) groups is 1. The Morgan fingerprint density at radius 1 is 1.40 bits per heavy atom. The second-order valence-electron chi connectivity index (χ2n) is 5.98. The van der Waals surface area contributed by atoms with Gasteiger partial charge in [-0.3, -0.25) is 0 Å². The Morgan fingerprint density at radius 3 is 2.50 bits per heavy atom. The highest BCUT2D eigenvalue weighted by atomic mass is 35.5. The van der Waals surface area contributed by atoms with Crippen molar-refractivity contribution in [2.45, 2.75) is 58.5 Å². The molecule has 4 heteroatoms. The molecule has 0 heterocycles. The lowest BCUT2D eigenvalue weighted by molar-refractivity contribution is -0.145. The minimum atomic E-state index is -0.950. The van der Waals surface area contributed by atoms with Crippen molar-refractivity contribution in [1.82, 2.24) is 0 Å². The first kappa shape index (κ1) is 16.8. The lowest BCUT2D eigenvalue weighted by atomic mass is 9.87. The zero-order valence-electron chi connectivity index (χ0n) is 12.6. The third-order valence-electron chi connectivity index (χ3n) is 3.16. The number of benzene rings is 1. The molecule has 0 aliphatic rings. The molecule has 0 aromatic heterocycles. The molecule has 0 amide bonds. The van der Waals surface area contributed by atoms with E-state index in [1.807, 2.05) is 19.1 Å². The van der Waals surface area contributed by atoms with Crippen molar-refractivity contribution in [3.8, 4) is 5.75 Å². The van der Waals surface area contributed by atoms with Gasteiger partial charge in [0.2, 0.25) is 0 Å². The van der Waals surface area contributed by atoms with Crippen molar-refractivity contribution in [3.63, 3.8) is 0 Å². The number of ether oxygens (including phenoxy) is 1. The number of rotatable bonds is 6. The molecule has 1 unspecified atom stereocenters. The normalized spacial score (nSPS) is 13.1. The van der Waals surface area contributed by atoms with E-state index in [0.29, 0.717) is 17.2 Å². The van der Waals surface area contributed by atoms with Gasteiger partial charge < -0.3 is 9.84 Å². The van der Waals surface area contributed by atoms with E-state index in [0.717, 1.165) is 18.4 Å². The van der Waals surface area contributed by atoms with E-state index in [9.17, 15) is 4.79 Å². The predicted octanol–water partition coefficient (Wildman–Crippen LogP) is 4.66. The number of hydrogen-bond acceptors (Lipinski definition) is 2. The number of hydrogen-bond donors (Lipinski definition) is 1. The minimum absolute atomic E-state index is 0.00339. The van der Waals surface area contributed by atoms with E-state index < -0.39 is 12.1 Å². The molecule has 20 heavy (non-hydrogen) atoms. The van der Waals surface area contributed by atoms with Crippen LogP contribution in [-0.2, 0) is 10.2 Å². The molecule has 1 aromatic carbocycles. The lowest BCUT2D eigenvalue weighted by Gasteiger charge is -2.21. The third-order valence-corrected chi connectivity index (χ3v) is 3.46. The van der Waals surface area contributed by atoms with Crippen LogP contribution in [-0.4, -0.2) is 17.2 Å². The van der Waals surface area contributed by atoms with Gasteiger partial charge in [-0.25, -0.2) is 4.79 Å². The molecular weight excluding hydrogens is 276 g/mol. The Bertz CT molecular complexity index is 463. The number of aliphatic carboxylic acids is 1. The summed E-state index contributed by atoms with van der Waals surface area (Å²) in [4.78, 5) is 11.2. The van der Waals surface area contributed by atoms with Crippen LogP contribution in [0, 0.1) is 0 Å². The maximum atomic E-state index is 11.2. The Hall–Kier alpha value is -1.22. The van der Waals surface area contributed by atoms with Crippen LogP contribution in [0.5, 0.6) is 5.75 Å². The predicted molar refractivity (Wildman–Crippen MR) is 81.7 cm³/mol. The number of carboxylic acid groups (broad SMARTS) is 1. The molecule has 1 atom stereocenters. The summed E-state index contributed by atoms with van der Waals surface area (Å²) in [5, 5.41) is 9.63. The van der Waals surface area contributed by atoms with Gasteiger partial charge in [0.25, 0.3) is 0 Å². The summed E-state index contributed by atoms with van der Waals surface area (Å²) < 4.78 is 5.54. The van der Waals surface area contributed by atoms with Crippen LogP contribution >= 0.6 is 11.6 Å². The van der Waals surface area contributed by atoms with Gasteiger partial charge in [-0.15, -0.1) is 0 Å². The minimum Gasteiger partial charge on any atom is -0.479 e. The first-order valence-corrected chi connectivity index (χ1v) is 7.33. The Labute approximate surface area is 125 Å². The van der Waals surface area contributed by atoms with Gasteiger partial charge in [-0.05, 0) is 36.0 Å². The fourth-order valence-electron chi connectivity index (χ4n) is 1.84. The fourth-order valence-corrected chi connectivity index (χ4v) is 2.06. The van der Waals surface area contributed by atoms with E-state index in [2.05, 4.69) is 20.8 Å². The maximum absolute atomic E-state index is 11.2. The highest BCUT2D eigenvalue weighted by Gasteiger charge is 2.21. The van der Waals surface area contributed by atoms with Crippen molar-refractivity contribution in [2.24, 2.45) is 0 Å². The van der Waals surface area contributed by atoms with Gasteiger partial charge in [-0.2, -0.15) is 0 Å². The van der Waals surface area contributed by atoms with E-state index in [4.69, 9.17) is 21.4 Å². The second kappa shape index (κ2) is 6.98. The summed E-state index contributed by atoms with van der Waals surface area (Å²) in [6.45, 7) is 8.31. The van der Waals surface area contributed by atoms with E-state index in [-0.39, 0.29) is 5.41 Å². The molecule has 0 spiro atoms. The maximum Gasteiger partial charge on any atom is 0.344 e. The fraction of sp³-hybridized carbons (Fsp3) is 0.562. The Balaban J connectivity index is 2.88. The van der Waals surface area contributed by atoms with Crippen LogP contribution in [0.25, 0.3) is 0 Å². The number of unbranched alkanes of at least 4 members (excludes halogenated alkanes) is 1. The lowest BCUT2D eigenvalue weighted by Crippen LogP contribution is -2.27. The molecule has 0 aliphatic heterocycles. The quantitative estimate of drug-likeness (QED) is 0.831. The topological polar surface area (TPSA) is 46.5 Å². The van der Waals surface area contributed by atoms with Crippen LogP contribution in [0.15, 0.2) is 18.2 Å². The Morgan fingerprint density at radius 2 is 2.05 bits per heavy atom. The second-order valence-corrected chi connectivity index (χ2v) is 6.39. The van der Waals surface area contributed by atoms with Gasteiger partial charge in [-0.1, -0.05) is 51.8 Å². The van der Waals surface area contributed by atoms with Gasteiger partial charge in [0, 0.05) is 0 Å². The zero-order valence-corrected chi connectivity index (χ0v) is 13.3. The molecular formula is C16H23ClO3. The molecule has 0 saturated carbocycles.